The number of urea groups is 1. The van der Waals surface area contributed by atoms with E-state index in [0.29, 0.717) is 25.4 Å². The molecule has 2 rings (SSSR count). The Labute approximate surface area is 143 Å². The number of carbonyl (C=O) groups excluding carboxylic acids is 1. The number of aliphatic hydroxyl groups excluding tert-OH is 1. The van der Waals surface area contributed by atoms with Crippen molar-refractivity contribution in [3.05, 3.63) is 29.8 Å². The van der Waals surface area contributed by atoms with Crippen LogP contribution in [-0.2, 0) is 11.2 Å². The molecule has 1 aliphatic rings. The van der Waals surface area contributed by atoms with Gasteiger partial charge >= 0.3 is 6.03 Å². The lowest BCUT2D eigenvalue weighted by molar-refractivity contribution is 0.00546. The second-order valence-corrected chi connectivity index (χ2v) is 6.09. The number of nitrogens with one attached hydrogen (secondary N) is 2. The van der Waals surface area contributed by atoms with Crippen molar-refractivity contribution >= 4 is 6.03 Å². The molecule has 1 saturated heterocycles. The van der Waals surface area contributed by atoms with Gasteiger partial charge in [-0.25, -0.2) is 4.79 Å². The van der Waals surface area contributed by atoms with E-state index in [2.05, 4.69) is 10.6 Å². The van der Waals surface area contributed by atoms with Gasteiger partial charge in [-0.05, 0) is 49.3 Å². The van der Waals surface area contributed by atoms with Gasteiger partial charge in [0.25, 0.3) is 0 Å². The van der Waals surface area contributed by atoms with E-state index in [0.717, 1.165) is 43.8 Å². The first kappa shape index (κ1) is 18.5. The average molecular weight is 336 g/mol. The Morgan fingerprint density at radius 1 is 1.25 bits per heavy atom. The molecule has 6 heteroatoms. The van der Waals surface area contributed by atoms with Gasteiger partial charge in [0, 0.05) is 26.3 Å². The Balaban J connectivity index is 1.55. The maximum atomic E-state index is 11.7. The second-order valence-electron chi connectivity index (χ2n) is 6.09. The van der Waals surface area contributed by atoms with Crippen molar-refractivity contribution < 1.29 is 19.4 Å². The van der Waals surface area contributed by atoms with Gasteiger partial charge in [0.1, 0.15) is 5.75 Å². The third-order valence-corrected chi connectivity index (χ3v) is 4.39. The van der Waals surface area contributed by atoms with Crippen LogP contribution in [0.3, 0.4) is 0 Å². The van der Waals surface area contributed by atoms with E-state index in [-0.39, 0.29) is 12.1 Å². The summed E-state index contributed by atoms with van der Waals surface area (Å²) in [5.74, 6) is 1.12. The molecule has 1 aromatic carbocycles. The van der Waals surface area contributed by atoms with Crippen LogP contribution in [0.1, 0.15) is 24.8 Å². The molecule has 1 aromatic rings. The van der Waals surface area contributed by atoms with Crippen molar-refractivity contribution in [2.45, 2.75) is 31.8 Å². The summed E-state index contributed by atoms with van der Waals surface area (Å²) in [5.41, 5.74) is 1.14. The summed E-state index contributed by atoms with van der Waals surface area (Å²) >= 11 is 0. The zero-order valence-corrected chi connectivity index (χ0v) is 14.3. The molecule has 0 spiro atoms. The molecule has 3 N–H and O–H groups in total. The highest BCUT2D eigenvalue weighted by Crippen LogP contribution is 2.20. The first-order chi connectivity index (χ1) is 11.7. The maximum absolute atomic E-state index is 11.7. The Bertz CT molecular complexity index is 486. The van der Waals surface area contributed by atoms with Crippen molar-refractivity contribution in [1.29, 1.82) is 0 Å². The molecule has 1 aliphatic heterocycles. The molecule has 0 aliphatic carbocycles. The summed E-state index contributed by atoms with van der Waals surface area (Å²) in [6.45, 7) is 2.50. The van der Waals surface area contributed by atoms with E-state index in [9.17, 15) is 9.90 Å². The van der Waals surface area contributed by atoms with E-state index in [4.69, 9.17) is 9.47 Å². The molecule has 0 radical (unpaired) electrons. The zero-order valence-electron chi connectivity index (χ0n) is 14.3. The number of benzene rings is 1. The lowest BCUT2D eigenvalue weighted by Gasteiger charge is -2.26. The van der Waals surface area contributed by atoms with Gasteiger partial charge in [0.05, 0.1) is 13.2 Å². The molecule has 2 amide bonds. The van der Waals surface area contributed by atoms with Gasteiger partial charge in [-0.1, -0.05) is 12.1 Å². The van der Waals surface area contributed by atoms with Crippen molar-refractivity contribution in [2.75, 3.05) is 33.4 Å². The van der Waals surface area contributed by atoms with Crippen LogP contribution in [0, 0.1) is 5.92 Å². The number of carbonyl (C=O) groups is 1. The molecule has 6 nitrogen and oxygen atoms in total. The summed E-state index contributed by atoms with van der Waals surface area (Å²) in [7, 11) is 1.64. The van der Waals surface area contributed by atoms with Gasteiger partial charge in [-0.15, -0.1) is 0 Å². The molecule has 0 bridgehead atoms. The second kappa shape index (κ2) is 10.2. The van der Waals surface area contributed by atoms with Gasteiger partial charge in [0.2, 0.25) is 0 Å². The minimum atomic E-state index is -0.367. The summed E-state index contributed by atoms with van der Waals surface area (Å²) in [5, 5.41) is 15.7. The Morgan fingerprint density at radius 2 is 1.92 bits per heavy atom. The Hall–Kier alpha value is -1.79. The van der Waals surface area contributed by atoms with E-state index in [1.54, 1.807) is 7.11 Å². The van der Waals surface area contributed by atoms with Crippen LogP contribution in [0.4, 0.5) is 4.79 Å². The van der Waals surface area contributed by atoms with E-state index in [1.807, 2.05) is 24.3 Å². The van der Waals surface area contributed by atoms with Crippen molar-refractivity contribution in [2.24, 2.45) is 5.92 Å². The fourth-order valence-electron chi connectivity index (χ4n) is 2.84. The number of methoxy groups -OCH3 is 1. The summed E-state index contributed by atoms with van der Waals surface area (Å²) in [4.78, 5) is 11.7. The number of ether oxygens (including phenoxy) is 2. The van der Waals surface area contributed by atoms with E-state index >= 15 is 0 Å². The largest absolute Gasteiger partial charge is 0.497 e. The van der Waals surface area contributed by atoms with Crippen LogP contribution < -0.4 is 15.4 Å². The molecule has 1 fully saturated rings. The molecule has 1 heterocycles. The molecule has 0 aromatic heterocycles. The number of aliphatic hydroxyl groups is 1. The number of rotatable bonds is 8. The van der Waals surface area contributed by atoms with Crippen LogP contribution in [0.25, 0.3) is 0 Å². The molecular formula is C18H28N2O4. The molecule has 1 atom stereocenters. The molecule has 134 valence electrons. The van der Waals surface area contributed by atoms with Crippen LogP contribution in [0.5, 0.6) is 5.75 Å². The monoisotopic (exact) mass is 336 g/mol. The highest BCUT2D eigenvalue weighted by atomic mass is 16.5. The summed E-state index contributed by atoms with van der Waals surface area (Å²) in [6.07, 6.45) is 2.77. The van der Waals surface area contributed by atoms with E-state index < -0.39 is 0 Å². The lowest BCUT2D eigenvalue weighted by Crippen LogP contribution is -2.39. The fraction of sp³-hybridized carbons (Fsp3) is 0.611. The molecule has 1 unspecified atom stereocenters. The Kier molecular flexibility index (Phi) is 7.85. The van der Waals surface area contributed by atoms with E-state index in [1.165, 1.54) is 0 Å². The normalized spacial score (nSPS) is 16.4. The highest BCUT2D eigenvalue weighted by Gasteiger charge is 2.21. The van der Waals surface area contributed by atoms with Gasteiger partial charge in [-0.3, -0.25) is 0 Å². The average Bonchev–Trinajstić information content (AvgIpc) is 2.63. The zero-order chi connectivity index (χ0) is 17.2. The smallest absolute Gasteiger partial charge is 0.314 e. The minimum absolute atomic E-state index is 0.192. The van der Waals surface area contributed by atoms with Crippen molar-refractivity contribution in [1.82, 2.24) is 10.6 Å². The number of hydrogen-bond acceptors (Lipinski definition) is 4. The summed E-state index contributed by atoms with van der Waals surface area (Å²) < 4.78 is 10.4. The van der Waals surface area contributed by atoms with Crippen LogP contribution >= 0.6 is 0 Å². The first-order valence-corrected chi connectivity index (χ1v) is 8.59. The van der Waals surface area contributed by atoms with Gasteiger partial charge in [0.15, 0.2) is 0 Å². The maximum Gasteiger partial charge on any atom is 0.314 e. The first-order valence-electron chi connectivity index (χ1n) is 8.59. The molecule has 24 heavy (non-hydrogen) atoms. The fourth-order valence-corrected chi connectivity index (χ4v) is 2.84. The third kappa shape index (κ3) is 6.37. The van der Waals surface area contributed by atoms with Crippen LogP contribution in [0.15, 0.2) is 24.3 Å². The Morgan fingerprint density at radius 3 is 2.58 bits per heavy atom. The minimum Gasteiger partial charge on any atom is -0.497 e. The lowest BCUT2D eigenvalue weighted by atomic mass is 9.92. The summed E-state index contributed by atoms with van der Waals surface area (Å²) in [6, 6.07) is 7.61. The predicted octanol–water partition coefficient (Wildman–Crippen LogP) is 1.71. The van der Waals surface area contributed by atoms with Crippen molar-refractivity contribution in [3.63, 3.8) is 0 Å². The van der Waals surface area contributed by atoms with Gasteiger partial charge in [-0.2, -0.15) is 0 Å². The third-order valence-electron chi connectivity index (χ3n) is 4.39. The predicted molar refractivity (Wildman–Crippen MR) is 92.3 cm³/mol. The molecule has 0 saturated carbocycles. The number of amides is 2. The molecular weight excluding hydrogens is 308 g/mol. The van der Waals surface area contributed by atoms with Crippen LogP contribution in [-0.4, -0.2) is 50.7 Å². The quantitative estimate of drug-likeness (QED) is 0.675. The standard InChI is InChI=1S/C18H28N2O4/c1-23-16-4-2-14(3-5-16)6-10-19-18(22)20-11-7-17(21)15-8-12-24-13-9-15/h2-5,15,17,21H,6-13H2,1H3,(H2,19,20,22). The SMILES string of the molecule is COc1ccc(CCNC(=O)NCCC(O)C2CCOCC2)cc1. The van der Waals surface area contributed by atoms with Gasteiger partial charge < -0.3 is 25.2 Å². The van der Waals surface area contributed by atoms with Crippen LogP contribution in [0.2, 0.25) is 0 Å². The topological polar surface area (TPSA) is 79.8 Å². The van der Waals surface area contributed by atoms with Crippen molar-refractivity contribution in [3.8, 4) is 5.75 Å². The highest BCUT2D eigenvalue weighted by molar-refractivity contribution is 5.73. The number of hydrogen-bond donors (Lipinski definition) is 3.